The Kier molecular flexibility index (Phi) is 3.92. The number of rotatable bonds is 4. The van der Waals surface area contributed by atoms with Crippen LogP contribution in [-0.4, -0.2) is 24.5 Å². The molecule has 0 unspecified atom stereocenters. The molecule has 0 saturated heterocycles. The lowest BCUT2D eigenvalue weighted by Gasteiger charge is -2.03. The van der Waals surface area contributed by atoms with E-state index in [9.17, 15) is 13.2 Å². The number of carbonyl (C=O) groups is 1. The van der Waals surface area contributed by atoms with Crippen molar-refractivity contribution in [3.8, 4) is 22.6 Å². The molecule has 1 heterocycles. The minimum atomic E-state index is -3.81. The normalized spacial score (nSPS) is 11.4. The van der Waals surface area contributed by atoms with Gasteiger partial charge in [0.1, 0.15) is 5.69 Å². The third-order valence-electron chi connectivity index (χ3n) is 3.30. The molecule has 0 fully saturated rings. The van der Waals surface area contributed by atoms with Crippen molar-refractivity contribution in [3.05, 3.63) is 60.5 Å². The van der Waals surface area contributed by atoms with Crippen molar-refractivity contribution in [1.82, 2.24) is 4.98 Å². The molecule has 2 aromatic carbocycles. The highest BCUT2D eigenvalue weighted by Crippen LogP contribution is 2.33. The Morgan fingerprint density at radius 3 is 2.17 bits per heavy atom. The third-order valence-corrected chi connectivity index (χ3v) is 4.23. The van der Waals surface area contributed by atoms with Crippen molar-refractivity contribution in [3.63, 3.8) is 0 Å². The maximum Gasteiger partial charge on any atom is 0.392 e. The average Bonchev–Trinajstić information content (AvgIpc) is 3.00. The molecule has 7 nitrogen and oxygen atoms in total. The van der Waals surface area contributed by atoms with Gasteiger partial charge in [-0.05, 0) is 24.3 Å². The number of oxazole rings is 1. The second kappa shape index (κ2) is 5.91. The number of hydrogen-bond donors (Lipinski definition) is 2. The second-order valence-electron chi connectivity index (χ2n) is 4.94. The molecule has 0 amide bonds. The predicted octanol–water partition coefficient (Wildman–Crippen LogP) is 2.35. The monoisotopic (exact) mass is 344 g/mol. The Balaban J connectivity index is 2.15. The Labute approximate surface area is 137 Å². The van der Waals surface area contributed by atoms with Crippen LogP contribution in [0.15, 0.2) is 63.9 Å². The number of primary sulfonamides is 1. The fourth-order valence-electron chi connectivity index (χ4n) is 2.19. The lowest BCUT2D eigenvalue weighted by Crippen LogP contribution is -2.11. The van der Waals surface area contributed by atoms with Crippen molar-refractivity contribution in [2.24, 2.45) is 5.14 Å². The van der Waals surface area contributed by atoms with Crippen LogP contribution in [0.1, 0.15) is 10.7 Å². The van der Waals surface area contributed by atoms with Gasteiger partial charge >= 0.3 is 11.9 Å². The topological polar surface area (TPSA) is 123 Å². The first kappa shape index (κ1) is 15.9. The highest BCUT2D eigenvalue weighted by molar-refractivity contribution is 7.89. The molecule has 0 atom stereocenters. The highest BCUT2D eigenvalue weighted by atomic mass is 32.2. The van der Waals surface area contributed by atoms with Crippen molar-refractivity contribution in [1.29, 1.82) is 0 Å². The number of sulfonamides is 1. The largest absolute Gasteiger partial charge is 0.474 e. The molecule has 0 spiro atoms. The number of carboxylic acid groups (broad SMARTS) is 1. The molecule has 0 aliphatic carbocycles. The first-order chi connectivity index (χ1) is 11.4. The van der Waals surface area contributed by atoms with Gasteiger partial charge in [0.2, 0.25) is 10.0 Å². The smallest absolute Gasteiger partial charge is 0.392 e. The molecule has 0 bridgehead atoms. The van der Waals surface area contributed by atoms with Crippen LogP contribution < -0.4 is 5.14 Å². The molecule has 0 saturated carbocycles. The van der Waals surface area contributed by atoms with Gasteiger partial charge in [-0.15, -0.1) is 0 Å². The van der Waals surface area contributed by atoms with Crippen LogP contribution >= 0.6 is 0 Å². The fourth-order valence-corrected chi connectivity index (χ4v) is 2.71. The van der Waals surface area contributed by atoms with Gasteiger partial charge in [0, 0.05) is 11.1 Å². The van der Waals surface area contributed by atoms with E-state index in [1.807, 2.05) is 6.07 Å². The van der Waals surface area contributed by atoms with Crippen LogP contribution in [0.25, 0.3) is 22.6 Å². The molecule has 3 N–H and O–H groups in total. The van der Waals surface area contributed by atoms with Crippen LogP contribution in [0, 0.1) is 0 Å². The number of carboxylic acids is 1. The van der Waals surface area contributed by atoms with Crippen LogP contribution in [0.5, 0.6) is 0 Å². The van der Waals surface area contributed by atoms with E-state index >= 15 is 0 Å². The SMILES string of the molecule is NS(=O)(=O)c1ccc(-c2oc(C(=O)O)nc2-c2ccccc2)cc1. The molecule has 3 aromatic rings. The minimum Gasteiger partial charge on any atom is -0.474 e. The zero-order valence-electron chi connectivity index (χ0n) is 12.2. The van der Waals surface area contributed by atoms with Gasteiger partial charge in [0.25, 0.3) is 0 Å². The van der Waals surface area contributed by atoms with Gasteiger partial charge < -0.3 is 9.52 Å². The number of nitrogens with two attached hydrogens (primary N) is 1. The van der Waals surface area contributed by atoms with Crippen LogP contribution in [0.3, 0.4) is 0 Å². The van der Waals surface area contributed by atoms with Gasteiger partial charge in [-0.1, -0.05) is 30.3 Å². The molecular formula is C16H12N2O5S. The number of hydrogen-bond acceptors (Lipinski definition) is 5. The molecular weight excluding hydrogens is 332 g/mol. The summed E-state index contributed by atoms with van der Waals surface area (Å²) in [7, 11) is -3.81. The maximum absolute atomic E-state index is 11.3. The van der Waals surface area contributed by atoms with E-state index in [0.717, 1.165) is 0 Å². The highest BCUT2D eigenvalue weighted by Gasteiger charge is 2.21. The Bertz CT molecular complexity index is 993. The van der Waals surface area contributed by atoms with E-state index in [4.69, 9.17) is 14.7 Å². The first-order valence-electron chi connectivity index (χ1n) is 6.79. The molecule has 24 heavy (non-hydrogen) atoms. The molecule has 0 radical (unpaired) electrons. The number of benzene rings is 2. The molecule has 3 rings (SSSR count). The molecule has 1 aromatic heterocycles. The summed E-state index contributed by atoms with van der Waals surface area (Å²) >= 11 is 0. The van der Waals surface area contributed by atoms with Crippen LogP contribution in [-0.2, 0) is 10.0 Å². The van der Waals surface area contributed by atoms with Crippen molar-refractivity contribution >= 4 is 16.0 Å². The summed E-state index contributed by atoms with van der Waals surface area (Å²) in [5.74, 6) is -1.50. The van der Waals surface area contributed by atoms with E-state index < -0.39 is 21.9 Å². The Morgan fingerprint density at radius 2 is 1.62 bits per heavy atom. The number of nitrogens with zero attached hydrogens (tertiary/aromatic N) is 1. The molecule has 122 valence electrons. The summed E-state index contributed by atoms with van der Waals surface area (Å²) in [5.41, 5.74) is 1.52. The summed E-state index contributed by atoms with van der Waals surface area (Å²) in [6.45, 7) is 0. The third kappa shape index (κ3) is 3.05. The molecule has 8 heteroatoms. The zero-order chi connectivity index (χ0) is 17.3. The minimum absolute atomic E-state index is 0.0505. The maximum atomic E-state index is 11.3. The summed E-state index contributed by atoms with van der Waals surface area (Å²) in [4.78, 5) is 15.1. The van der Waals surface area contributed by atoms with Crippen molar-refractivity contribution < 1.29 is 22.7 Å². The summed E-state index contributed by atoms with van der Waals surface area (Å²) in [6.07, 6.45) is 0. The van der Waals surface area contributed by atoms with Gasteiger partial charge in [-0.3, -0.25) is 0 Å². The first-order valence-corrected chi connectivity index (χ1v) is 8.33. The number of aromatic carboxylic acids is 1. The lowest BCUT2D eigenvalue weighted by molar-refractivity contribution is 0.0654. The number of aromatic nitrogens is 1. The standard InChI is InChI=1S/C16H12N2O5S/c17-24(21,22)12-8-6-11(7-9-12)14-13(10-4-2-1-3-5-10)18-15(23-14)16(19)20/h1-9H,(H,19,20)(H2,17,21,22). The van der Waals surface area contributed by atoms with E-state index in [-0.39, 0.29) is 10.7 Å². The second-order valence-corrected chi connectivity index (χ2v) is 6.50. The zero-order valence-corrected chi connectivity index (χ0v) is 13.0. The van der Waals surface area contributed by atoms with Gasteiger partial charge in [-0.25, -0.2) is 23.3 Å². The fraction of sp³-hybridized carbons (Fsp3) is 0. The quantitative estimate of drug-likeness (QED) is 0.749. The molecule has 0 aliphatic rings. The summed E-state index contributed by atoms with van der Waals surface area (Å²) in [6, 6.07) is 14.6. The van der Waals surface area contributed by atoms with E-state index in [2.05, 4.69) is 4.98 Å². The van der Waals surface area contributed by atoms with Gasteiger partial charge in [0.15, 0.2) is 5.76 Å². The van der Waals surface area contributed by atoms with E-state index in [1.165, 1.54) is 24.3 Å². The van der Waals surface area contributed by atoms with Crippen molar-refractivity contribution in [2.75, 3.05) is 0 Å². The van der Waals surface area contributed by atoms with Crippen molar-refractivity contribution in [2.45, 2.75) is 4.90 Å². The van der Waals surface area contributed by atoms with E-state index in [1.54, 1.807) is 24.3 Å². The van der Waals surface area contributed by atoms with Crippen LogP contribution in [0.2, 0.25) is 0 Å². The van der Waals surface area contributed by atoms with Gasteiger partial charge in [0.05, 0.1) is 4.90 Å². The molecule has 0 aliphatic heterocycles. The summed E-state index contributed by atoms with van der Waals surface area (Å²) < 4.78 is 28.0. The summed E-state index contributed by atoms with van der Waals surface area (Å²) in [5, 5.41) is 14.2. The Morgan fingerprint density at radius 1 is 1.00 bits per heavy atom. The van der Waals surface area contributed by atoms with Gasteiger partial charge in [-0.2, -0.15) is 0 Å². The lowest BCUT2D eigenvalue weighted by atomic mass is 10.1. The average molecular weight is 344 g/mol. The van der Waals surface area contributed by atoms with Crippen LogP contribution in [0.4, 0.5) is 0 Å². The van der Waals surface area contributed by atoms with E-state index in [0.29, 0.717) is 16.8 Å². The Hall–Kier alpha value is -2.97. The predicted molar refractivity (Wildman–Crippen MR) is 85.7 cm³/mol.